The zero-order valence-corrected chi connectivity index (χ0v) is 16.3. The van der Waals surface area contributed by atoms with Gasteiger partial charge in [0.05, 0.1) is 12.8 Å². The van der Waals surface area contributed by atoms with Crippen LogP contribution in [0, 0.1) is 11.3 Å². The predicted molar refractivity (Wildman–Crippen MR) is 108 cm³/mol. The standard InChI is InChI=1S/C19H15Cl2N5O2/c1-27-16-6-10(17-13(8-22)18(23)26-19(24)25-17)3-5-15(16)28-9-11-2-4-12(20)7-14(11)21/h2-7H,9H2,1H3,(H4,23,24,25,26). The van der Waals surface area contributed by atoms with E-state index in [0.717, 1.165) is 5.56 Å². The number of nitrogens with two attached hydrogens (primary N) is 2. The van der Waals surface area contributed by atoms with Gasteiger partial charge in [0, 0.05) is 21.2 Å². The molecule has 0 saturated heterocycles. The van der Waals surface area contributed by atoms with Crippen LogP contribution in [0.4, 0.5) is 11.8 Å². The molecule has 0 aliphatic rings. The van der Waals surface area contributed by atoms with Gasteiger partial charge in [0.25, 0.3) is 0 Å². The van der Waals surface area contributed by atoms with Crippen molar-refractivity contribution >= 4 is 35.0 Å². The number of ether oxygens (including phenoxy) is 2. The highest BCUT2D eigenvalue weighted by Gasteiger charge is 2.16. The number of nitrogen functional groups attached to an aromatic ring is 2. The van der Waals surface area contributed by atoms with Crippen molar-refractivity contribution in [2.45, 2.75) is 6.61 Å². The Morgan fingerprint density at radius 2 is 1.86 bits per heavy atom. The van der Waals surface area contributed by atoms with Crippen LogP contribution in [0.1, 0.15) is 11.1 Å². The summed E-state index contributed by atoms with van der Waals surface area (Å²) in [5.41, 5.74) is 13.3. The van der Waals surface area contributed by atoms with Gasteiger partial charge in [-0.3, -0.25) is 0 Å². The number of nitriles is 1. The molecule has 0 spiro atoms. The van der Waals surface area contributed by atoms with Crippen molar-refractivity contribution in [3.63, 3.8) is 0 Å². The van der Waals surface area contributed by atoms with Gasteiger partial charge in [-0.1, -0.05) is 29.3 Å². The van der Waals surface area contributed by atoms with Crippen molar-refractivity contribution in [3.8, 4) is 28.8 Å². The summed E-state index contributed by atoms with van der Waals surface area (Å²) in [6, 6.07) is 12.3. The van der Waals surface area contributed by atoms with Crippen molar-refractivity contribution in [1.29, 1.82) is 5.26 Å². The second-order valence-electron chi connectivity index (χ2n) is 5.69. The molecule has 1 aromatic heterocycles. The minimum absolute atomic E-state index is 0.0154. The zero-order chi connectivity index (χ0) is 20.3. The Kier molecular flexibility index (Phi) is 5.73. The van der Waals surface area contributed by atoms with Crippen molar-refractivity contribution in [2.75, 3.05) is 18.6 Å². The molecular formula is C19H15Cl2N5O2. The summed E-state index contributed by atoms with van der Waals surface area (Å²) in [5.74, 6) is 0.929. The molecule has 0 bridgehead atoms. The molecule has 0 unspecified atom stereocenters. The molecule has 0 saturated carbocycles. The van der Waals surface area contributed by atoms with Gasteiger partial charge in [0.2, 0.25) is 5.95 Å². The molecule has 142 valence electrons. The molecule has 0 aliphatic carbocycles. The SMILES string of the molecule is COc1cc(-c2nc(N)nc(N)c2C#N)ccc1OCc1ccc(Cl)cc1Cl. The summed E-state index contributed by atoms with van der Waals surface area (Å²) in [4.78, 5) is 7.94. The van der Waals surface area contributed by atoms with Crippen LogP contribution in [0.3, 0.4) is 0 Å². The summed E-state index contributed by atoms with van der Waals surface area (Å²) in [7, 11) is 1.51. The fourth-order valence-electron chi connectivity index (χ4n) is 2.54. The van der Waals surface area contributed by atoms with Crippen LogP contribution in [0.2, 0.25) is 10.0 Å². The molecule has 0 radical (unpaired) electrons. The van der Waals surface area contributed by atoms with Gasteiger partial charge < -0.3 is 20.9 Å². The first-order chi connectivity index (χ1) is 13.4. The summed E-state index contributed by atoms with van der Waals surface area (Å²) < 4.78 is 11.2. The molecule has 1 heterocycles. The van der Waals surface area contributed by atoms with Crippen molar-refractivity contribution < 1.29 is 9.47 Å². The lowest BCUT2D eigenvalue weighted by Crippen LogP contribution is -2.05. The maximum atomic E-state index is 9.36. The number of aromatic nitrogens is 2. The minimum atomic E-state index is -0.0248. The van der Waals surface area contributed by atoms with Gasteiger partial charge >= 0.3 is 0 Å². The Morgan fingerprint density at radius 3 is 2.54 bits per heavy atom. The largest absolute Gasteiger partial charge is 0.493 e. The monoisotopic (exact) mass is 415 g/mol. The Morgan fingerprint density at radius 1 is 1.07 bits per heavy atom. The van der Waals surface area contributed by atoms with Gasteiger partial charge in [-0.05, 0) is 30.3 Å². The van der Waals surface area contributed by atoms with E-state index in [4.69, 9.17) is 44.1 Å². The lowest BCUT2D eigenvalue weighted by molar-refractivity contribution is 0.284. The molecule has 4 N–H and O–H groups in total. The number of rotatable bonds is 5. The van der Waals surface area contributed by atoms with E-state index in [1.165, 1.54) is 7.11 Å². The van der Waals surface area contributed by atoms with Crippen molar-refractivity contribution in [3.05, 3.63) is 57.6 Å². The molecule has 0 fully saturated rings. The second kappa shape index (κ2) is 8.21. The first-order valence-electron chi connectivity index (χ1n) is 8.01. The second-order valence-corrected chi connectivity index (χ2v) is 6.54. The van der Waals surface area contributed by atoms with E-state index in [9.17, 15) is 5.26 Å². The number of halogens is 2. The maximum Gasteiger partial charge on any atom is 0.222 e. The van der Waals surface area contributed by atoms with Crippen LogP contribution in [0.5, 0.6) is 11.5 Å². The van der Waals surface area contributed by atoms with E-state index in [-0.39, 0.29) is 23.9 Å². The predicted octanol–water partition coefficient (Wildman–Crippen LogP) is 4.07. The number of methoxy groups -OCH3 is 1. The summed E-state index contributed by atoms with van der Waals surface area (Å²) in [6.07, 6.45) is 0. The van der Waals surface area contributed by atoms with Gasteiger partial charge in [-0.25, -0.2) is 4.98 Å². The summed E-state index contributed by atoms with van der Waals surface area (Å²) in [5, 5.41) is 10.4. The molecule has 9 heteroatoms. The van der Waals surface area contributed by atoms with Crippen LogP contribution in [-0.2, 0) is 6.61 Å². The van der Waals surface area contributed by atoms with Crippen molar-refractivity contribution in [1.82, 2.24) is 9.97 Å². The lowest BCUT2D eigenvalue weighted by atomic mass is 10.1. The Bertz CT molecular complexity index is 1080. The number of nitrogens with zero attached hydrogens (tertiary/aromatic N) is 3. The first-order valence-corrected chi connectivity index (χ1v) is 8.76. The zero-order valence-electron chi connectivity index (χ0n) is 14.7. The maximum absolute atomic E-state index is 9.36. The summed E-state index contributed by atoms with van der Waals surface area (Å²) >= 11 is 12.1. The van der Waals surface area contributed by atoms with E-state index in [2.05, 4.69) is 9.97 Å². The van der Waals surface area contributed by atoms with Crippen LogP contribution >= 0.6 is 23.2 Å². The van der Waals surface area contributed by atoms with Crippen LogP contribution in [-0.4, -0.2) is 17.1 Å². The van der Waals surface area contributed by atoms with Crippen LogP contribution < -0.4 is 20.9 Å². The third-order valence-electron chi connectivity index (χ3n) is 3.90. The Labute approximate surface area is 171 Å². The first kappa shape index (κ1) is 19.5. The Balaban J connectivity index is 1.92. The summed E-state index contributed by atoms with van der Waals surface area (Å²) in [6.45, 7) is 0.225. The fraction of sp³-hybridized carbons (Fsp3) is 0.105. The van der Waals surface area contributed by atoms with Gasteiger partial charge in [0.1, 0.15) is 24.1 Å². The third-order valence-corrected chi connectivity index (χ3v) is 4.49. The topological polar surface area (TPSA) is 120 Å². The fourth-order valence-corrected chi connectivity index (χ4v) is 3.01. The molecule has 0 aliphatic heterocycles. The molecule has 28 heavy (non-hydrogen) atoms. The number of benzene rings is 2. The van der Waals surface area contributed by atoms with Crippen molar-refractivity contribution in [2.24, 2.45) is 0 Å². The smallest absolute Gasteiger partial charge is 0.222 e. The van der Waals surface area contributed by atoms with E-state index in [1.54, 1.807) is 36.4 Å². The van der Waals surface area contributed by atoms with Gasteiger partial charge in [-0.2, -0.15) is 10.2 Å². The molecule has 2 aromatic carbocycles. The normalized spacial score (nSPS) is 10.4. The van der Waals surface area contributed by atoms with Gasteiger partial charge in [0.15, 0.2) is 11.5 Å². The van der Waals surface area contributed by atoms with Crippen LogP contribution in [0.25, 0.3) is 11.3 Å². The van der Waals surface area contributed by atoms with E-state index in [0.29, 0.717) is 32.8 Å². The van der Waals surface area contributed by atoms with E-state index in [1.807, 2.05) is 6.07 Å². The molecule has 0 atom stereocenters. The molecule has 7 nitrogen and oxygen atoms in total. The Hall–Kier alpha value is -3.21. The molecule has 3 rings (SSSR count). The average molecular weight is 416 g/mol. The molecule has 3 aromatic rings. The van der Waals surface area contributed by atoms with E-state index < -0.39 is 0 Å². The van der Waals surface area contributed by atoms with E-state index >= 15 is 0 Å². The number of anilines is 2. The number of hydrogen-bond donors (Lipinski definition) is 2. The quantitative estimate of drug-likeness (QED) is 0.643. The number of hydrogen-bond acceptors (Lipinski definition) is 7. The molecular weight excluding hydrogens is 401 g/mol. The van der Waals surface area contributed by atoms with Gasteiger partial charge in [-0.15, -0.1) is 0 Å². The highest BCUT2D eigenvalue weighted by Crippen LogP contribution is 2.35. The lowest BCUT2D eigenvalue weighted by Gasteiger charge is -2.14. The average Bonchev–Trinajstić information content (AvgIpc) is 2.66. The highest BCUT2D eigenvalue weighted by molar-refractivity contribution is 6.35. The molecule has 0 amide bonds. The third kappa shape index (κ3) is 4.03. The highest BCUT2D eigenvalue weighted by atomic mass is 35.5. The minimum Gasteiger partial charge on any atom is -0.493 e. The van der Waals surface area contributed by atoms with Crippen LogP contribution in [0.15, 0.2) is 36.4 Å².